The Bertz CT molecular complexity index is 546. The summed E-state index contributed by atoms with van der Waals surface area (Å²) < 4.78 is 0. The zero-order valence-corrected chi connectivity index (χ0v) is 16.2. The highest BCUT2D eigenvalue weighted by atomic mass is 32.2. The van der Waals surface area contributed by atoms with Gasteiger partial charge in [-0.2, -0.15) is 11.8 Å². The minimum Gasteiger partial charge on any atom is -0.349 e. The Kier molecular flexibility index (Phi) is 7.34. The van der Waals surface area contributed by atoms with E-state index in [1.165, 1.54) is 32.1 Å². The van der Waals surface area contributed by atoms with Crippen molar-refractivity contribution in [3.05, 3.63) is 17.5 Å². The first-order valence-electron chi connectivity index (χ1n) is 8.87. The summed E-state index contributed by atoms with van der Waals surface area (Å²) in [5.74, 6) is 1.72. The summed E-state index contributed by atoms with van der Waals surface area (Å²) in [4.78, 5) is 23.4. The number of nitrogens with zero attached hydrogens (tertiary/aromatic N) is 3. The fraction of sp³-hybridized carbons (Fsp3) is 0.722. The zero-order valence-electron chi connectivity index (χ0n) is 15.3. The molecule has 1 aliphatic carbocycles. The number of aromatic nitrogens is 2. The van der Waals surface area contributed by atoms with Crippen LogP contribution in [0.1, 0.15) is 62.7 Å². The second kappa shape index (κ2) is 9.25. The molecule has 1 saturated carbocycles. The molecule has 1 N–H and O–H groups in total. The van der Waals surface area contributed by atoms with Crippen LogP contribution in [0.5, 0.6) is 0 Å². The fourth-order valence-corrected chi connectivity index (χ4v) is 3.67. The predicted molar refractivity (Wildman–Crippen MR) is 102 cm³/mol. The topological polar surface area (TPSA) is 58.1 Å². The lowest BCUT2D eigenvalue weighted by molar-refractivity contribution is -0.121. The van der Waals surface area contributed by atoms with Gasteiger partial charge in [0.1, 0.15) is 0 Å². The van der Waals surface area contributed by atoms with E-state index in [0.717, 1.165) is 23.0 Å². The molecule has 6 heteroatoms. The van der Waals surface area contributed by atoms with Crippen molar-refractivity contribution in [3.8, 4) is 0 Å². The van der Waals surface area contributed by atoms with Gasteiger partial charge in [0, 0.05) is 42.7 Å². The fourth-order valence-electron chi connectivity index (χ4n) is 3.28. The first-order chi connectivity index (χ1) is 11.5. The van der Waals surface area contributed by atoms with Gasteiger partial charge in [0.25, 0.3) is 0 Å². The number of thioether (sulfide) groups is 1. The Morgan fingerprint density at radius 2 is 2.12 bits per heavy atom. The van der Waals surface area contributed by atoms with Crippen molar-refractivity contribution >= 4 is 23.6 Å². The maximum atomic E-state index is 11.9. The number of hydrogen-bond acceptors (Lipinski definition) is 5. The van der Waals surface area contributed by atoms with Gasteiger partial charge in [-0.25, -0.2) is 9.97 Å². The highest BCUT2D eigenvalue weighted by Crippen LogP contribution is 2.25. The van der Waals surface area contributed by atoms with E-state index in [2.05, 4.69) is 22.2 Å². The third kappa shape index (κ3) is 5.10. The number of hydrogen-bond donors (Lipinski definition) is 1. The van der Waals surface area contributed by atoms with Gasteiger partial charge in [-0.1, -0.05) is 19.3 Å². The smallest absolute Gasteiger partial charge is 0.225 e. The quantitative estimate of drug-likeness (QED) is 0.816. The summed E-state index contributed by atoms with van der Waals surface area (Å²) in [6.45, 7) is 3.99. The molecule has 1 heterocycles. The number of aryl methyl sites for hydroxylation is 1. The highest BCUT2D eigenvalue weighted by Gasteiger charge is 2.21. The Balaban J connectivity index is 2.01. The van der Waals surface area contributed by atoms with E-state index in [9.17, 15) is 4.79 Å². The Hall–Kier alpha value is -1.30. The summed E-state index contributed by atoms with van der Waals surface area (Å²) in [5.41, 5.74) is 1.94. The number of amides is 1. The zero-order chi connectivity index (χ0) is 17.5. The summed E-state index contributed by atoms with van der Waals surface area (Å²) in [7, 11) is 2.10. The van der Waals surface area contributed by atoms with Gasteiger partial charge in [0.05, 0.1) is 6.04 Å². The van der Waals surface area contributed by atoms with Crippen molar-refractivity contribution in [3.63, 3.8) is 0 Å². The number of anilines is 1. The van der Waals surface area contributed by atoms with Crippen molar-refractivity contribution in [1.82, 2.24) is 15.3 Å². The normalized spacial score (nSPS) is 16.7. The lowest BCUT2D eigenvalue weighted by atomic mass is 9.95. The molecule has 134 valence electrons. The predicted octanol–water partition coefficient (Wildman–Crippen LogP) is 3.48. The van der Waals surface area contributed by atoms with Gasteiger partial charge in [0.2, 0.25) is 11.9 Å². The summed E-state index contributed by atoms with van der Waals surface area (Å²) in [6, 6.07) is 0.487. The van der Waals surface area contributed by atoms with Crippen LogP contribution in [-0.4, -0.2) is 41.0 Å². The van der Waals surface area contributed by atoms with Crippen LogP contribution in [0.2, 0.25) is 0 Å². The van der Waals surface area contributed by atoms with Crippen molar-refractivity contribution < 1.29 is 4.79 Å². The lowest BCUT2D eigenvalue weighted by Crippen LogP contribution is -2.35. The Morgan fingerprint density at radius 1 is 1.42 bits per heavy atom. The molecule has 0 aromatic carbocycles. The molecule has 0 spiro atoms. The molecule has 0 unspecified atom stereocenters. The van der Waals surface area contributed by atoms with E-state index in [1.54, 1.807) is 11.8 Å². The van der Waals surface area contributed by atoms with E-state index >= 15 is 0 Å². The van der Waals surface area contributed by atoms with Gasteiger partial charge >= 0.3 is 0 Å². The molecule has 0 aliphatic heterocycles. The van der Waals surface area contributed by atoms with Crippen molar-refractivity contribution in [2.45, 2.75) is 64.5 Å². The third-order valence-corrected chi connectivity index (χ3v) is 5.43. The van der Waals surface area contributed by atoms with E-state index in [-0.39, 0.29) is 11.9 Å². The van der Waals surface area contributed by atoms with E-state index in [4.69, 9.17) is 4.98 Å². The summed E-state index contributed by atoms with van der Waals surface area (Å²) in [6.07, 6.45) is 10.8. The second-order valence-electron chi connectivity index (χ2n) is 6.65. The SMILES string of the molecule is CSCCC(=O)N[C@@H](C)c1cnc(N(C)C2CCCCC2)nc1C. The van der Waals surface area contributed by atoms with Gasteiger partial charge in [-0.05, 0) is 32.9 Å². The molecule has 5 nitrogen and oxygen atoms in total. The lowest BCUT2D eigenvalue weighted by Gasteiger charge is -2.31. The molecule has 1 aliphatic rings. The average Bonchev–Trinajstić information content (AvgIpc) is 2.59. The highest BCUT2D eigenvalue weighted by molar-refractivity contribution is 7.98. The standard InChI is InChI=1S/C18H30N4OS/c1-13(20-17(23)10-11-24-4)16-12-19-18(21-14(16)2)22(3)15-8-6-5-7-9-15/h12-13,15H,5-11H2,1-4H3,(H,20,23)/t13-/m0/s1. The van der Waals surface area contributed by atoms with Crippen molar-refractivity contribution in [1.29, 1.82) is 0 Å². The van der Waals surface area contributed by atoms with Crippen LogP contribution >= 0.6 is 11.8 Å². The average molecular weight is 351 g/mol. The molecule has 1 amide bonds. The molecule has 1 aromatic heterocycles. The maximum absolute atomic E-state index is 11.9. The summed E-state index contributed by atoms with van der Waals surface area (Å²) >= 11 is 1.68. The largest absolute Gasteiger partial charge is 0.349 e. The number of rotatable bonds is 7. The van der Waals surface area contributed by atoms with Crippen LogP contribution in [0.3, 0.4) is 0 Å². The van der Waals surface area contributed by atoms with Crippen LogP contribution in [0.25, 0.3) is 0 Å². The third-order valence-electron chi connectivity index (χ3n) is 4.82. The molecule has 1 fully saturated rings. The molecular formula is C18H30N4OS. The summed E-state index contributed by atoms with van der Waals surface area (Å²) in [5, 5.41) is 3.04. The number of nitrogens with one attached hydrogen (secondary N) is 1. The van der Waals surface area contributed by atoms with Gasteiger partial charge in [-0.15, -0.1) is 0 Å². The molecule has 0 radical (unpaired) electrons. The van der Waals surface area contributed by atoms with Crippen LogP contribution in [0.4, 0.5) is 5.95 Å². The molecule has 0 saturated heterocycles. The molecular weight excluding hydrogens is 320 g/mol. The number of carbonyl (C=O) groups excluding carboxylic acids is 1. The van der Waals surface area contributed by atoms with E-state index < -0.39 is 0 Å². The molecule has 24 heavy (non-hydrogen) atoms. The van der Waals surface area contributed by atoms with Crippen LogP contribution in [0, 0.1) is 6.92 Å². The van der Waals surface area contributed by atoms with Crippen molar-refractivity contribution in [2.24, 2.45) is 0 Å². The van der Waals surface area contributed by atoms with E-state index in [0.29, 0.717) is 12.5 Å². The molecule has 0 bridgehead atoms. The Morgan fingerprint density at radius 3 is 2.75 bits per heavy atom. The molecule has 2 rings (SSSR count). The van der Waals surface area contributed by atoms with Crippen LogP contribution in [-0.2, 0) is 4.79 Å². The maximum Gasteiger partial charge on any atom is 0.225 e. The minimum atomic E-state index is -0.0617. The van der Waals surface area contributed by atoms with Crippen molar-refractivity contribution in [2.75, 3.05) is 24.0 Å². The number of carbonyl (C=O) groups is 1. The van der Waals surface area contributed by atoms with E-state index in [1.807, 2.05) is 26.3 Å². The molecule has 1 atom stereocenters. The Labute approximate surface area is 150 Å². The van der Waals surface area contributed by atoms with Crippen LogP contribution < -0.4 is 10.2 Å². The minimum absolute atomic E-state index is 0.0617. The second-order valence-corrected chi connectivity index (χ2v) is 7.63. The molecule has 1 aromatic rings. The monoisotopic (exact) mass is 350 g/mol. The van der Waals surface area contributed by atoms with Gasteiger partial charge in [0.15, 0.2) is 0 Å². The first kappa shape index (κ1) is 19.0. The van der Waals surface area contributed by atoms with Gasteiger partial charge < -0.3 is 10.2 Å². The van der Waals surface area contributed by atoms with Crippen LogP contribution in [0.15, 0.2) is 6.20 Å². The first-order valence-corrected chi connectivity index (χ1v) is 10.3. The van der Waals surface area contributed by atoms with Gasteiger partial charge in [-0.3, -0.25) is 4.79 Å².